The molecule has 0 amide bonds. The van der Waals surface area contributed by atoms with Crippen molar-refractivity contribution < 1.29 is 8.83 Å². The third-order valence-electron chi connectivity index (χ3n) is 17.2. The van der Waals surface area contributed by atoms with Crippen LogP contribution in [0.25, 0.3) is 66.1 Å². The summed E-state index contributed by atoms with van der Waals surface area (Å²) in [6, 6.07) is 95.8. The van der Waals surface area contributed by atoms with Gasteiger partial charge in [0, 0.05) is 83.5 Å². The molecule has 80 heavy (non-hydrogen) atoms. The Morgan fingerprint density at radius 3 is 1.60 bits per heavy atom. The number of para-hydroxylation sites is 6. The summed E-state index contributed by atoms with van der Waals surface area (Å²) >= 11 is 1.89. The van der Waals surface area contributed by atoms with Gasteiger partial charge in [-0.05, 0) is 111 Å². The molecule has 0 aliphatic carbocycles. The summed E-state index contributed by atoms with van der Waals surface area (Å²) in [5, 5.41) is 4.52. The molecule has 0 unspecified atom stereocenters. The van der Waals surface area contributed by atoms with Crippen LogP contribution in [0.3, 0.4) is 0 Å². The molecule has 2 aromatic heterocycles. The molecule has 0 radical (unpaired) electrons. The molecule has 0 saturated heterocycles. The molecule has 4 aliphatic rings. The fourth-order valence-electron chi connectivity index (χ4n) is 14.0. The van der Waals surface area contributed by atoms with Gasteiger partial charge in [0.1, 0.15) is 22.3 Å². The lowest BCUT2D eigenvalue weighted by atomic mass is 9.30. The average molecular weight is 1040 g/mol. The molecule has 12 aromatic carbocycles. The van der Waals surface area contributed by atoms with Crippen LogP contribution in [-0.4, -0.2) is 13.4 Å². The van der Waals surface area contributed by atoms with Gasteiger partial charge in [0.25, 0.3) is 6.71 Å². The maximum atomic E-state index is 7.11. The zero-order valence-corrected chi connectivity index (χ0v) is 43.9. The molecule has 8 heteroatoms. The first kappa shape index (κ1) is 44.1. The van der Waals surface area contributed by atoms with Gasteiger partial charge in [0.05, 0.1) is 16.8 Å². The maximum Gasteiger partial charge on any atom is 0.252 e. The highest BCUT2D eigenvalue weighted by atomic mass is 32.2. The van der Waals surface area contributed by atoms with Crippen molar-refractivity contribution in [3.8, 4) is 22.3 Å². The van der Waals surface area contributed by atoms with Crippen LogP contribution < -0.4 is 47.5 Å². The van der Waals surface area contributed by atoms with Crippen molar-refractivity contribution >= 4 is 153 Å². The summed E-state index contributed by atoms with van der Waals surface area (Å²) < 4.78 is 14.0. The molecule has 0 bridgehead atoms. The van der Waals surface area contributed by atoms with Crippen LogP contribution in [0.5, 0.6) is 0 Å². The third kappa shape index (κ3) is 6.16. The van der Waals surface area contributed by atoms with Gasteiger partial charge in [-0.3, -0.25) is 0 Å². The standard InChI is InChI=1S/C72H43B2N3O2S/c1-4-21-44(22-5-1)45-23-20-24-46(39-45)49-29-10-15-34-56(49)77-59-41-58-54(74-53-33-14-19-38-66(53)80-72-68-51-31-12-18-37-63(51)79-65(68)43-61(70(72)74)75(58)47-25-6-2-7-26-47)40-55(59)73-52-32-13-16-35-57(52)76(48-27-8-3-9-28-48)71-67-50-30-11-17-36-62(50)78-64(67)42-60(77)69(71)73/h1-43H. The van der Waals surface area contributed by atoms with Crippen molar-refractivity contribution in [3.63, 3.8) is 0 Å². The van der Waals surface area contributed by atoms with E-state index in [1.807, 2.05) is 11.8 Å². The quantitative estimate of drug-likeness (QED) is 0.160. The summed E-state index contributed by atoms with van der Waals surface area (Å²) in [6.07, 6.45) is 0. The molecule has 5 nitrogen and oxygen atoms in total. The second-order valence-electron chi connectivity index (χ2n) is 21.4. The van der Waals surface area contributed by atoms with Crippen LogP contribution >= 0.6 is 11.8 Å². The van der Waals surface area contributed by atoms with Crippen molar-refractivity contribution in [1.29, 1.82) is 0 Å². The first-order valence-electron chi connectivity index (χ1n) is 27.5. The Bertz CT molecular complexity index is 4920. The third-order valence-corrected chi connectivity index (χ3v) is 18.5. The SMILES string of the molecule is c1ccc(-c2cccc(-c3ccccc3N3c4cc5c(cc4B4c6ccccc6N(c6ccccc6)c6c4c3cc3oc4ccccc4c63)B3c4ccccc4Sc4c3c(cc3oc6ccccc6c43)N5c3ccccc3)c2)cc1. The smallest absolute Gasteiger partial charge is 0.252 e. The number of fused-ring (bicyclic) bond motifs is 16. The minimum Gasteiger partial charge on any atom is -0.456 e. The van der Waals surface area contributed by atoms with Crippen molar-refractivity contribution in [2.75, 3.05) is 14.7 Å². The van der Waals surface area contributed by atoms with Crippen LogP contribution in [0.2, 0.25) is 0 Å². The number of hydrogen-bond acceptors (Lipinski definition) is 6. The Balaban J connectivity index is 0.999. The number of rotatable bonds is 5. The van der Waals surface area contributed by atoms with Gasteiger partial charge in [0.2, 0.25) is 6.71 Å². The highest BCUT2D eigenvalue weighted by molar-refractivity contribution is 8.00. The van der Waals surface area contributed by atoms with Crippen LogP contribution in [0.1, 0.15) is 0 Å². The number of benzene rings is 12. The Morgan fingerprint density at radius 2 is 0.850 bits per heavy atom. The molecule has 0 saturated carbocycles. The fraction of sp³-hybridized carbons (Fsp3) is 0. The van der Waals surface area contributed by atoms with Gasteiger partial charge in [-0.2, -0.15) is 0 Å². The van der Waals surface area contributed by atoms with Crippen LogP contribution in [0.4, 0.5) is 51.2 Å². The minimum atomic E-state index is -0.168. The Labute approximate surface area is 466 Å². The average Bonchev–Trinajstić information content (AvgIpc) is 3.52. The molecule has 4 aliphatic heterocycles. The fourth-order valence-corrected chi connectivity index (χ4v) is 15.3. The molecular weight excluding hydrogens is 993 g/mol. The zero-order chi connectivity index (χ0) is 52.2. The lowest BCUT2D eigenvalue weighted by Gasteiger charge is -2.46. The van der Waals surface area contributed by atoms with E-state index in [-0.39, 0.29) is 13.4 Å². The molecule has 0 spiro atoms. The van der Waals surface area contributed by atoms with Gasteiger partial charge in [-0.15, -0.1) is 0 Å². The molecular formula is C72H43B2N3O2S. The summed E-state index contributed by atoms with van der Waals surface area (Å²) in [7, 11) is 0. The van der Waals surface area contributed by atoms with Crippen LogP contribution in [0, 0.1) is 0 Å². The first-order valence-corrected chi connectivity index (χ1v) is 28.3. The number of hydrogen-bond donors (Lipinski definition) is 0. The topological polar surface area (TPSA) is 36.0 Å². The number of nitrogens with zero attached hydrogens (tertiary/aromatic N) is 3. The lowest BCUT2D eigenvalue weighted by Crippen LogP contribution is -2.64. The Hall–Kier alpha value is -9.88. The van der Waals surface area contributed by atoms with Crippen molar-refractivity contribution in [3.05, 3.63) is 261 Å². The van der Waals surface area contributed by atoms with E-state index in [1.54, 1.807) is 0 Å². The van der Waals surface area contributed by atoms with E-state index in [9.17, 15) is 0 Å². The van der Waals surface area contributed by atoms with Crippen molar-refractivity contribution in [2.24, 2.45) is 0 Å². The molecule has 6 heterocycles. The van der Waals surface area contributed by atoms with Gasteiger partial charge >= 0.3 is 0 Å². The Morgan fingerprint density at radius 1 is 0.312 bits per heavy atom. The van der Waals surface area contributed by atoms with Gasteiger partial charge in [-0.25, -0.2) is 0 Å². The predicted octanol–water partition coefficient (Wildman–Crippen LogP) is 15.7. The monoisotopic (exact) mass is 1040 g/mol. The molecule has 18 rings (SSSR count). The molecule has 0 atom stereocenters. The number of furan rings is 2. The van der Waals surface area contributed by atoms with Crippen LogP contribution in [0.15, 0.2) is 279 Å². The highest BCUT2D eigenvalue weighted by Gasteiger charge is 2.49. The first-order chi connectivity index (χ1) is 39.7. The van der Waals surface area contributed by atoms with Crippen molar-refractivity contribution in [1.82, 2.24) is 0 Å². The maximum absolute atomic E-state index is 7.11. The second-order valence-corrected chi connectivity index (χ2v) is 22.5. The predicted molar refractivity (Wildman–Crippen MR) is 336 cm³/mol. The Kier molecular flexibility index (Phi) is 9.28. The second kappa shape index (κ2) is 16.8. The van der Waals surface area contributed by atoms with E-state index in [1.165, 1.54) is 59.1 Å². The summed E-state index contributed by atoms with van der Waals surface area (Å²) in [6.45, 7) is -0.253. The largest absolute Gasteiger partial charge is 0.456 e. The lowest BCUT2D eigenvalue weighted by molar-refractivity contribution is 0.668. The van der Waals surface area contributed by atoms with E-state index in [0.29, 0.717) is 0 Å². The summed E-state index contributed by atoms with van der Waals surface area (Å²) in [5.74, 6) is 0. The van der Waals surface area contributed by atoms with Gasteiger partial charge in [-0.1, -0.05) is 199 Å². The van der Waals surface area contributed by atoms with E-state index in [0.717, 1.165) is 101 Å². The molecule has 0 N–H and O–H groups in total. The van der Waals surface area contributed by atoms with E-state index in [4.69, 9.17) is 8.83 Å². The van der Waals surface area contributed by atoms with E-state index < -0.39 is 0 Å². The van der Waals surface area contributed by atoms with Gasteiger partial charge < -0.3 is 23.5 Å². The highest BCUT2D eigenvalue weighted by Crippen LogP contribution is 2.53. The molecule has 14 aromatic rings. The molecule has 0 fully saturated rings. The summed E-state index contributed by atoms with van der Waals surface area (Å²) in [5.41, 5.74) is 25.8. The van der Waals surface area contributed by atoms with Gasteiger partial charge in [0.15, 0.2) is 0 Å². The van der Waals surface area contributed by atoms with E-state index in [2.05, 4.69) is 276 Å². The molecule has 370 valence electrons. The number of anilines is 9. The normalized spacial score (nSPS) is 13.6. The van der Waals surface area contributed by atoms with Crippen molar-refractivity contribution in [2.45, 2.75) is 9.79 Å². The van der Waals surface area contributed by atoms with E-state index >= 15 is 0 Å². The van der Waals surface area contributed by atoms with Crippen LogP contribution in [-0.2, 0) is 0 Å². The summed E-state index contributed by atoms with van der Waals surface area (Å²) in [4.78, 5) is 10.1. The zero-order valence-electron chi connectivity index (χ0n) is 43.0. The minimum absolute atomic E-state index is 0.0851.